The van der Waals surface area contributed by atoms with Crippen LogP contribution >= 0.6 is 11.6 Å². The molecule has 3 heteroatoms. The summed E-state index contributed by atoms with van der Waals surface area (Å²) in [6.45, 7) is 6.27. The molecular formula is C17H18ClN2. The Kier molecular flexibility index (Phi) is 3.83. The van der Waals surface area contributed by atoms with Crippen molar-refractivity contribution in [3.05, 3.63) is 59.1 Å². The van der Waals surface area contributed by atoms with Crippen LogP contribution in [0.3, 0.4) is 0 Å². The molecule has 0 bridgehead atoms. The van der Waals surface area contributed by atoms with Gasteiger partial charge in [0.1, 0.15) is 0 Å². The molecule has 0 N–H and O–H groups in total. The van der Waals surface area contributed by atoms with Crippen molar-refractivity contribution in [3.63, 3.8) is 0 Å². The summed E-state index contributed by atoms with van der Waals surface area (Å²) in [5, 5.41) is 0.812. The van der Waals surface area contributed by atoms with E-state index in [9.17, 15) is 0 Å². The monoisotopic (exact) mass is 285 g/mol. The van der Waals surface area contributed by atoms with E-state index in [1.807, 2.05) is 18.2 Å². The fourth-order valence-electron chi connectivity index (χ4n) is 2.72. The van der Waals surface area contributed by atoms with Crippen LogP contribution < -0.4 is 9.80 Å². The van der Waals surface area contributed by atoms with Crippen molar-refractivity contribution < 1.29 is 0 Å². The van der Waals surface area contributed by atoms with Gasteiger partial charge in [-0.05, 0) is 42.8 Å². The van der Waals surface area contributed by atoms with Crippen molar-refractivity contribution in [2.75, 3.05) is 36.0 Å². The average molecular weight is 286 g/mol. The van der Waals surface area contributed by atoms with Crippen LogP contribution in [0.2, 0.25) is 5.02 Å². The van der Waals surface area contributed by atoms with Gasteiger partial charge in [0.05, 0.1) is 0 Å². The summed E-state index contributed by atoms with van der Waals surface area (Å²) < 4.78 is 0. The summed E-state index contributed by atoms with van der Waals surface area (Å²) in [7, 11) is 0. The third kappa shape index (κ3) is 2.75. The quantitative estimate of drug-likeness (QED) is 0.829. The minimum Gasteiger partial charge on any atom is -0.368 e. The van der Waals surface area contributed by atoms with E-state index in [0.29, 0.717) is 0 Å². The maximum absolute atomic E-state index is 6.12. The van der Waals surface area contributed by atoms with Gasteiger partial charge >= 0.3 is 0 Å². The Bertz CT molecular complexity index is 575. The van der Waals surface area contributed by atoms with Crippen LogP contribution in [-0.4, -0.2) is 26.2 Å². The maximum atomic E-state index is 6.12. The second-order valence-electron chi connectivity index (χ2n) is 5.16. The fourth-order valence-corrected chi connectivity index (χ4v) is 2.88. The van der Waals surface area contributed by atoms with E-state index in [1.165, 1.54) is 16.9 Å². The highest BCUT2D eigenvalue weighted by molar-refractivity contribution is 6.30. The van der Waals surface area contributed by atoms with Crippen molar-refractivity contribution in [2.24, 2.45) is 0 Å². The smallest absolute Gasteiger partial charge is 0.0426 e. The van der Waals surface area contributed by atoms with Gasteiger partial charge in [0.25, 0.3) is 0 Å². The summed E-state index contributed by atoms with van der Waals surface area (Å²) >= 11 is 6.12. The standard InChI is InChI=1S/C17H18ClN2/c1-14-7-8-15(18)13-17(14)20-11-9-19(10-12-20)16-5-3-2-4-6-16/h3-8,13H,9-12H2,1H3. The molecule has 1 heterocycles. The number of nitrogens with zero attached hydrogens (tertiary/aromatic N) is 2. The van der Waals surface area contributed by atoms with Gasteiger partial charge in [-0.2, -0.15) is 0 Å². The van der Waals surface area contributed by atoms with Crippen LogP contribution in [0, 0.1) is 13.0 Å². The van der Waals surface area contributed by atoms with Crippen LogP contribution in [0.1, 0.15) is 5.56 Å². The highest BCUT2D eigenvalue weighted by Crippen LogP contribution is 2.26. The highest BCUT2D eigenvalue weighted by Gasteiger charge is 2.18. The Hall–Kier alpha value is -1.67. The van der Waals surface area contributed by atoms with Gasteiger partial charge in [0.2, 0.25) is 0 Å². The fraction of sp³-hybridized carbons (Fsp3) is 0.294. The molecule has 20 heavy (non-hydrogen) atoms. The first-order valence-corrected chi connectivity index (χ1v) is 7.34. The summed E-state index contributed by atoms with van der Waals surface area (Å²) in [5.41, 5.74) is 3.84. The zero-order valence-electron chi connectivity index (χ0n) is 11.6. The second kappa shape index (κ2) is 5.76. The number of aryl methyl sites for hydroxylation is 1. The van der Waals surface area contributed by atoms with Gasteiger partial charge in [-0.25, -0.2) is 0 Å². The van der Waals surface area contributed by atoms with E-state index in [2.05, 4.69) is 47.1 Å². The van der Waals surface area contributed by atoms with Crippen molar-refractivity contribution in [2.45, 2.75) is 6.92 Å². The minimum atomic E-state index is 0.812. The third-order valence-electron chi connectivity index (χ3n) is 3.86. The zero-order valence-corrected chi connectivity index (χ0v) is 12.4. The lowest BCUT2D eigenvalue weighted by atomic mass is 10.1. The number of piperazine rings is 1. The topological polar surface area (TPSA) is 6.48 Å². The van der Waals surface area contributed by atoms with E-state index in [1.54, 1.807) is 0 Å². The molecule has 1 saturated heterocycles. The van der Waals surface area contributed by atoms with E-state index in [4.69, 9.17) is 11.6 Å². The van der Waals surface area contributed by atoms with Gasteiger partial charge in [-0.15, -0.1) is 0 Å². The third-order valence-corrected chi connectivity index (χ3v) is 4.09. The summed E-state index contributed by atoms with van der Waals surface area (Å²) in [6.07, 6.45) is 0. The number of anilines is 2. The predicted molar refractivity (Wildman–Crippen MR) is 85.9 cm³/mol. The Morgan fingerprint density at radius 2 is 1.60 bits per heavy atom. The number of rotatable bonds is 2. The van der Waals surface area contributed by atoms with Crippen LogP contribution in [0.4, 0.5) is 11.4 Å². The molecule has 0 aromatic heterocycles. The summed E-state index contributed by atoms with van der Waals surface area (Å²) in [6, 6.07) is 17.4. The predicted octanol–water partition coefficient (Wildman–Crippen LogP) is 3.78. The van der Waals surface area contributed by atoms with E-state index in [0.717, 1.165) is 31.2 Å². The summed E-state index contributed by atoms with van der Waals surface area (Å²) in [4.78, 5) is 4.84. The molecule has 0 spiro atoms. The molecule has 0 aliphatic carbocycles. The number of hydrogen-bond acceptors (Lipinski definition) is 2. The van der Waals surface area contributed by atoms with Crippen LogP contribution in [-0.2, 0) is 0 Å². The Balaban J connectivity index is 1.71. The molecule has 1 aliphatic rings. The van der Waals surface area contributed by atoms with Gasteiger partial charge < -0.3 is 9.80 Å². The molecular weight excluding hydrogens is 268 g/mol. The highest BCUT2D eigenvalue weighted by atomic mass is 35.5. The van der Waals surface area contributed by atoms with Crippen molar-refractivity contribution in [1.29, 1.82) is 0 Å². The molecule has 103 valence electrons. The molecule has 1 aliphatic heterocycles. The van der Waals surface area contributed by atoms with Gasteiger partial charge in [-0.3, -0.25) is 0 Å². The summed E-state index contributed by atoms with van der Waals surface area (Å²) in [5.74, 6) is 0. The zero-order chi connectivity index (χ0) is 13.9. The van der Waals surface area contributed by atoms with E-state index >= 15 is 0 Å². The first-order valence-electron chi connectivity index (χ1n) is 6.96. The molecule has 2 aromatic carbocycles. The Morgan fingerprint density at radius 1 is 0.950 bits per heavy atom. The first kappa shape index (κ1) is 13.3. The molecule has 2 nitrogen and oxygen atoms in total. The Morgan fingerprint density at radius 3 is 2.30 bits per heavy atom. The van der Waals surface area contributed by atoms with E-state index < -0.39 is 0 Å². The number of benzene rings is 2. The molecule has 0 saturated carbocycles. The lowest BCUT2D eigenvalue weighted by molar-refractivity contribution is 0.652. The van der Waals surface area contributed by atoms with Crippen LogP contribution in [0.5, 0.6) is 0 Å². The largest absolute Gasteiger partial charge is 0.368 e. The first-order chi connectivity index (χ1) is 9.74. The van der Waals surface area contributed by atoms with Gasteiger partial charge in [-0.1, -0.05) is 29.8 Å². The molecule has 1 radical (unpaired) electrons. The average Bonchev–Trinajstić information content (AvgIpc) is 2.51. The number of hydrogen-bond donors (Lipinski definition) is 0. The molecule has 0 atom stereocenters. The second-order valence-corrected chi connectivity index (χ2v) is 5.60. The van der Waals surface area contributed by atoms with Gasteiger partial charge in [0, 0.05) is 42.6 Å². The lowest BCUT2D eigenvalue weighted by Gasteiger charge is -2.38. The normalized spacial score (nSPS) is 15.5. The molecule has 0 amide bonds. The maximum Gasteiger partial charge on any atom is 0.0426 e. The minimum absolute atomic E-state index is 0.812. The Labute approximate surface area is 125 Å². The van der Waals surface area contributed by atoms with Crippen molar-refractivity contribution in [3.8, 4) is 0 Å². The molecule has 2 aromatic rings. The molecule has 3 rings (SSSR count). The lowest BCUT2D eigenvalue weighted by Crippen LogP contribution is -2.46. The molecule has 0 unspecified atom stereocenters. The van der Waals surface area contributed by atoms with Crippen molar-refractivity contribution >= 4 is 23.0 Å². The van der Waals surface area contributed by atoms with E-state index in [-0.39, 0.29) is 0 Å². The van der Waals surface area contributed by atoms with Crippen LogP contribution in [0.15, 0.2) is 42.5 Å². The molecule has 1 fully saturated rings. The number of halogens is 1. The van der Waals surface area contributed by atoms with Gasteiger partial charge in [0.15, 0.2) is 0 Å². The van der Waals surface area contributed by atoms with Crippen LogP contribution in [0.25, 0.3) is 0 Å². The van der Waals surface area contributed by atoms with Crippen molar-refractivity contribution in [1.82, 2.24) is 0 Å². The SMILES string of the molecule is Cc1ccc(Cl)cc1N1CCN(c2cc[c]cc2)CC1.